The fourth-order valence-electron chi connectivity index (χ4n) is 4.36. The molecule has 0 unspecified atom stereocenters. The van der Waals surface area contributed by atoms with E-state index >= 15 is 0 Å². The monoisotopic (exact) mass is 554 g/mol. The predicted octanol–water partition coefficient (Wildman–Crippen LogP) is 2.95. The van der Waals surface area contributed by atoms with Gasteiger partial charge in [0.1, 0.15) is 11.6 Å². The third-order valence-corrected chi connectivity index (χ3v) is 6.38. The molecule has 0 spiro atoms. The summed E-state index contributed by atoms with van der Waals surface area (Å²) in [4.78, 5) is 39.0. The van der Waals surface area contributed by atoms with Gasteiger partial charge in [0, 0.05) is 19.0 Å². The molecular formula is C31H46N4O5. The van der Waals surface area contributed by atoms with Gasteiger partial charge in [-0.3, -0.25) is 9.59 Å². The van der Waals surface area contributed by atoms with Gasteiger partial charge in [0.25, 0.3) is 0 Å². The van der Waals surface area contributed by atoms with Crippen molar-refractivity contribution in [3.63, 3.8) is 0 Å². The second-order valence-corrected chi connectivity index (χ2v) is 11.4. The summed E-state index contributed by atoms with van der Waals surface area (Å²) in [6, 6.07) is 17.5. The molecule has 4 atom stereocenters. The van der Waals surface area contributed by atoms with E-state index in [9.17, 15) is 19.5 Å². The van der Waals surface area contributed by atoms with Gasteiger partial charge < -0.3 is 31.5 Å². The molecule has 0 bridgehead atoms. The molecule has 0 aliphatic carbocycles. The highest BCUT2D eigenvalue weighted by Crippen LogP contribution is 2.20. The van der Waals surface area contributed by atoms with Crippen LogP contribution in [0.25, 0.3) is 0 Å². The third kappa shape index (κ3) is 11.8. The van der Waals surface area contributed by atoms with Crippen molar-refractivity contribution in [2.24, 2.45) is 17.6 Å². The Kier molecular flexibility index (Phi) is 13.1. The molecule has 2 aromatic rings. The zero-order valence-corrected chi connectivity index (χ0v) is 24.4. The number of carbonyl (C=O) groups is 3. The lowest BCUT2D eigenvalue weighted by Crippen LogP contribution is -2.53. The SMILES string of the molecule is CC(C)[C@H](NC(=O)[C@@H](Cc1ccccc1)C[C@H](O)[C@H](Cc1ccccc1)NC(=O)OC(C)(C)C)C(=O)NCCN. The van der Waals surface area contributed by atoms with Crippen LogP contribution in [0.15, 0.2) is 60.7 Å². The zero-order valence-electron chi connectivity index (χ0n) is 24.4. The minimum atomic E-state index is -1.07. The lowest BCUT2D eigenvalue weighted by Gasteiger charge is -2.30. The maximum absolute atomic E-state index is 13.6. The molecular weight excluding hydrogens is 508 g/mol. The van der Waals surface area contributed by atoms with Crippen LogP contribution in [0.3, 0.4) is 0 Å². The van der Waals surface area contributed by atoms with Crippen molar-refractivity contribution < 1.29 is 24.2 Å². The quantitative estimate of drug-likeness (QED) is 0.243. The minimum Gasteiger partial charge on any atom is -0.444 e. The van der Waals surface area contributed by atoms with Gasteiger partial charge in [-0.25, -0.2) is 4.79 Å². The highest BCUT2D eigenvalue weighted by atomic mass is 16.6. The van der Waals surface area contributed by atoms with Crippen molar-refractivity contribution in [3.05, 3.63) is 71.8 Å². The van der Waals surface area contributed by atoms with Crippen molar-refractivity contribution >= 4 is 17.9 Å². The summed E-state index contributed by atoms with van der Waals surface area (Å²) < 4.78 is 5.45. The Balaban J connectivity index is 2.29. The number of ether oxygens (including phenoxy) is 1. The summed E-state index contributed by atoms with van der Waals surface area (Å²) in [6.45, 7) is 9.62. The van der Waals surface area contributed by atoms with E-state index in [2.05, 4.69) is 16.0 Å². The van der Waals surface area contributed by atoms with E-state index in [-0.39, 0.29) is 24.2 Å². The second kappa shape index (κ2) is 16.0. The number of carbonyl (C=O) groups excluding carboxylic acids is 3. The molecule has 0 heterocycles. The number of rotatable bonds is 14. The van der Waals surface area contributed by atoms with E-state index in [1.165, 1.54) is 0 Å². The Labute approximate surface area is 238 Å². The number of hydrogen-bond donors (Lipinski definition) is 5. The van der Waals surface area contributed by atoms with E-state index in [1.807, 2.05) is 74.5 Å². The second-order valence-electron chi connectivity index (χ2n) is 11.4. The summed E-state index contributed by atoms with van der Waals surface area (Å²) in [6.07, 6.45) is -0.965. The lowest BCUT2D eigenvalue weighted by molar-refractivity contribution is -0.132. The topological polar surface area (TPSA) is 143 Å². The maximum Gasteiger partial charge on any atom is 0.407 e. The minimum absolute atomic E-state index is 0.0588. The Morgan fingerprint density at radius 1 is 0.875 bits per heavy atom. The molecule has 0 saturated heterocycles. The third-order valence-electron chi connectivity index (χ3n) is 6.38. The number of benzene rings is 2. The van der Waals surface area contributed by atoms with Crippen LogP contribution in [0.4, 0.5) is 4.79 Å². The van der Waals surface area contributed by atoms with Crippen molar-refractivity contribution in [2.45, 2.75) is 77.7 Å². The number of amides is 3. The van der Waals surface area contributed by atoms with Crippen LogP contribution >= 0.6 is 0 Å². The molecule has 0 aromatic heterocycles. The molecule has 9 heteroatoms. The van der Waals surface area contributed by atoms with E-state index < -0.39 is 35.8 Å². The van der Waals surface area contributed by atoms with Gasteiger partial charge in [0.2, 0.25) is 11.8 Å². The molecule has 0 radical (unpaired) electrons. The summed E-state index contributed by atoms with van der Waals surface area (Å²) in [7, 11) is 0. The summed E-state index contributed by atoms with van der Waals surface area (Å²) >= 11 is 0. The molecule has 40 heavy (non-hydrogen) atoms. The molecule has 2 rings (SSSR count). The summed E-state index contributed by atoms with van der Waals surface area (Å²) in [5.41, 5.74) is 6.66. The maximum atomic E-state index is 13.6. The molecule has 3 amide bonds. The lowest BCUT2D eigenvalue weighted by atomic mass is 9.88. The highest BCUT2D eigenvalue weighted by Gasteiger charge is 2.32. The van der Waals surface area contributed by atoms with Crippen molar-refractivity contribution in [2.75, 3.05) is 13.1 Å². The first kappa shape index (κ1) is 32.8. The van der Waals surface area contributed by atoms with Crippen molar-refractivity contribution in [1.29, 1.82) is 0 Å². The van der Waals surface area contributed by atoms with Gasteiger partial charge in [0.15, 0.2) is 0 Å². The summed E-state index contributed by atoms with van der Waals surface area (Å²) in [5.74, 6) is -1.48. The fraction of sp³-hybridized carbons (Fsp3) is 0.516. The molecule has 9 nitrogen and oxygen atoms in total. The van der Waals surface area contributed by atoms with E-state index in [4.69, 9.17) is 10.5 Å². The van der Waals surface area contributed by atoms with Gasteiger partial charge in [0.05, 0.1) is 12.1 Å². The fourth-order valence-corrected chi connectivity index (χ4v) is 4.36. The molecule has 0 fully saturated rings. The first-order valence-corrected chi connectivity index (χ1v) is 13.9. The van der Waals surface area contributed by atoms with Crippen LogP contribution < -0.4 is 21.7 Å². The van der Waals surface area contributed by atoms with Gasteiger partial charge in [-0.2, -0.15) is 0 Å². The zero-order chi connectivity index (χ0) is 29.7. The number of nitrogens with one attached hydrogen (secondary N) is 3. The average molecular weight is 555 g/mol. The van der Waals surface area contributed by atoms with Gasteiger partial charge >= 0.3 is 6.09 Å². The smallest absolute Gasteiger partial charge is 0.407 e. The van der Waals surface area contributed by atoms with Crippen LogP contribution in [0.1, 0.15) is 52.2 Å². The van der Waals surface area contributed by atoms with Crippen LogP contribution in [-0.4, -0.2) is 59.9 Å². The van der Waals surface area contributed by atoms with Crippen LogP contribution in [0.5, 0.6) is 0 Å². The number of aliphatic hydroxyl groups excluding tert-OH is 1. The number of alkyl carbamates (subject to hydrolysis) is 1. The average Bonchev–Trinajstić information content (AvgIpc) is 2.89. The molecule has 0 saturated carbocycles. The Bertz CT molecular complexity index is 1060. The molecule has 2 aromatic carbocycles. The molecule has 0 aliphatic heterocycles. The highest BCUT2D eigenvalue weighted by molar-refractivity contribution is 5.88. The van der Waals surface area contributed by atoms with Gasteiger partial charge in [-0.15, -0.1) is 0 Å². The molecule has 0 aliphatic rings. The van der Waals surface area contributed by atoms with Crippen molar-refractivity contribution in [3.8, 4) is 0 Å². The van der Waals surface area contributed by atoms with E-state index in [0.717, 1.165) is 11.1 Å². The molecule has 6 N–H and O–H groups in total. The number of nitrogens with two attached hydrogens (primary N) is 1. The Hall–Kier alpha value is -3.43. The standard InChI is InChI=1S/C31H46N4O5/c1-21(2)27(29(38)33-17-16-32)35-28(37)24(18-22-12-8-6-9-13-22)20-26(36)25(19-23-14-10-7-11-15-23)34-30(39)40-31(3,4)5/h6-15,21,24-27,36H,16-20,32H2,1-5H3,(H,33,38)(H,34,39)(H,35,37)/t24-,25-,26-,27-/m0/s1. The normalized spacial score (nSPS) is 14.5. The van der Waals surface area contributed by atoms with Gasteiger partial charge in [-0.05, 0) is 57.1 Å². The van der Waals surface area contributed by atoms with E-state index in [1.54, 1.807) is 20.8 Å². The van der Waals surface area contributed by atoms with Gasteiger partial charge in [-0.1, -0.05) is 74.5 Å². The summed E-state index contributed by atoms with van der Waals surface area (Å²) in [5, 5.41) is 19.9. The first-order valence-electron chi connectivity index (χ1n) is 13.9. The van der Waals surface area contributed by atoms with Crippen LogP contribution in [-0.2, 0) is 27.2 Å². The number of hydrogen-bond acceptors (Lipinski definition) is 6. The Morgan fingerprint density at radius 3 is 1.93 bits per heavy atom. The van der Waals surface area contributed by atoms with Crippen molar-refractivity contribution in [1.82, 2.24) is 16.0 Å². The van der Waals surface area contributed by atoms with E-state index in [0.29, 0.717) is 25.9 Å². The van der Waals surface area contributed by atoms with Crippen LogP contribution in [0.2, 0.25) is 0 Å². The predicted molar refractivity (Wildman–Crippen MR) is 156 cm³/mol. The number of aliphatic hydroxyl groups is 1. The first-order chi connectivity index (χ1) is 18.9. The Morgan fingerprint density at radius 2 is 1.43 bits per heavy atom. The van der Waals surface area contributed by atoms with Crippen LogP contribution in [0, 0.1) is 11.8 Å². The molecule has 220 valence electrons. The largest absolute Gasteiger partial charge is 0.444 e.